The van der Waals surface area contributed by atoms with Gasteiger partial charge in [-0.15, -0.1) is 0 Å². The van der Waals surface area contributed by atoms with Crippen LogP contribution in [0.1, 0.15) is 21.5 Å². The monoisotopic (exact) mass is 342 g/mol. The SMILES string of the molecule is N#Cc1ccccc1Cn1c2cc(F)c[c]c2c2c(C(N)=O)cccc21. The van der Waals surface area contributed by atoms with Gasteiger partial charge in [0.05, 0.1) is 22.7 Å². The Bertz CT molecular complexity index is 1220. The maximum atomic E-state index is 13.9. The molecule has 4 aromatic rings. The van der Waals surface area contributed by atoms with Gasteiger partial charge in [0.15, 0.2) is 0 Å². The highest BCUT2D eigenvalue weighted by Gasteiger charge is 2.17. The minimum absolute atomic E-state index is 0.364. The quantitative estimate of drug-likeness (QED) is 0.616. The lowest BCUT2D eigenvalue weighted by Crippen LogP contribution is -2.11. The number of hydrogen-bond donors (Lipinski definition) is 1. The van der Waals surface area contributed by atoms with Gasteiger partial charge in [0.2, 0.25) is 5.91 Å². The van der Waals surface area contributed by atoms with Gasteiger partial charge in [-0.2, -0.15) is 5.26 Å². The van der Waals surface area contributed by atoms with Crippen LogP contribution in [0.2, 0.25) is 0 Å². The van der Waals surface area contributed by atoms with Crippen LogP contribution in [0.4, 0.5) is 4.39 Å². The summed E-state index contributed by atoms with van der Waals surface area (Å²) in [6.07, 6.45) is 0. The third kappa shape index (κ3) is 2.40. The van der Waals surface area contributed by atoms with Crippen molar-refractivity contribution in [2.75, 3.05) is 0 Å². The molecule has 4 nitrogen and oxygen atoms in total. The Morgan fingerprint density at radius 2 is 2.00 bits per heavy atom. The van der Waals surface area contributed by atoms with E-state index in [0.29, 0.717) is 34.0 Å². The molecule has 0 spiro atoms. The maximum absolute atomic E-state index is 13.9. The van der Waals surface area contributed by atoms with E-state index in [2.05, 4.69) is 12.1 Å². The van der Waals surface area contributed by atoms with Gasteiger partial charge in [0, 0.05) is 22.9 Å². The minimum Gasteiger partial charge on any atom is -0.366 e. The highest BCUT2D eigenvalue weighted by atomic mass is 19.1. The molecular formula is C21H13FN3O. The van der Waals surface area contributed by atoms with Crippen molar-refractivity contribution in [3.8, 4) is 6.07 Å². The van der Waals surface area contributed by atoms with Crippen LogP contribution in [0, 0.1) is 23.2 Å². The molecule has 0 bridgehead atoms. The lowest BCUT2D eigenvalue weighted by atomic mass is 10.1. The Labute approximate surface area is 148 Å². The van der Waals surface area contributed by atoms with Crippen molar-refractivity contribution in [3.05, 3.63) is 83.2 Å². The average molecular weight is 342 g/mol. The van der Waals surface area contributed by atoms with Gasteiger partial charge in [-0.1, -0.05) is 24.3 Å². The first-order valence-corrected chi connectivity index (χ1v) is 8.00. The molecule has 2 N–H and O–H groups in total. The number of nitrogens with two attached hydrogens (primary N) is 1. The van der Waals surface area contributed by atoms with Gasteiger partial charge in [-0.05, 0) is 42.0 Å². The number of fused-ring (bicyclic) bond motifs is 3. The number of hydrogen-bond acceptors (Lipinski definition) is 2. The van der Waals surface area contributed by atoms with E-state index < -0.39 is 11.7 Å². The number of nitrogens with zero attached hydrogens (tertiary/aromatic N) is 2. The molecule has 0 saturated carbocycles. The van der Waals surface area contributed by atoms with Crippen LogP contribution in [0.15, 0.2) is 54.6 Å². The zero-order valence-electron chi connectivity index (χ0n) is 13.7. The summed E-state index contributed by atoms with van der Waals surface area (Å²) in [5, 5.41) is 10.6. The van der Waals surface area contributed by atoms with Gasteiger partial charge in [0.25, 0.3) is 0 Å². The van der Waals surface area contributed by atoms with Gasteiger partial charge in [-0.25, -0.2) is 4.39 Å². The van der Waals surface area contributed by atoms with Crippen LogP contribution in [0.25, 0.3) is 21.8 Å². The van der Waals surface area contributed by atoms with E-state index in [1.807, 2.05) is 22.8 Å². The molecule has 0 atom stereocenters. The smallest absolute Gasteiger partial charge is 0.249 e. The summed E-state index contributed by atoms with van der Waals surface area (Å²) in [4.78, 5) is 11.9. The van der Waals surface area contributed by atoms with Crippen molar-refractivity contribution in [1.29, 1.82) is 5.26 Å². The van der Waals surface area contributed by atoms with E-state index in [4.69, 9.17) is 5.73 Å². The largest absolute Gasteiger partial charge is 0.366 e. The summed E-state index contributed by atoms with van der Waals surface area (Å²) < 4.78 is 15.8. The van der Waals surface area contributed by atoms with Crippen molar-refractivity contribution in [3.63, 3.8) is 0 Å². The molecule has 125 valence electrons. The summed E-state index contributed by atoms with van der Waals surface area (Å²) in [7, 11) is 0. The van der Waals surface area contributed by atoms with Crippen molar-refractivity contribution in [2.45, 2.75) is 6.54 Å². The Kier molecular flexibility index (Phi) is 3.67. The molecule has 0 aliphatic rings. The second-order valence-electron chi connectivity index (χ2n) is 6.00. The van der Waals surface area contributed by atoms with Crippen molar-refractivity contribution in [2.24, 2.45) is 5.73 Å². The van der Waals surface area contributed by atoms with Crippen LogP contribution < -0.4 is 5.73 Å². The molecule has 26 heavy (non-hydrogen) atoms. The van der Waals surface area contributed by atoms with Crippen molar-refractivity contribution >= 4 is 27.7 Å². The zero-order chi connectivity index (χ0) is 18.3. The molecule has 1 heterocycles. The second kappa shape index (κ2) is 6.01. The van der Waals surface area contributed by atoms with Crippen LogP contribution >= 0.6 is 0 Å². The Morgan fingerprint density at radius 1 is 1.19 bits per heavy atom. The average Bonchev–Trinajstić information content (AvgIpc) is 2.95. The maximum Gasteiger partial charge on any atom is 0.249 e. The summed E-state index contributed by atoms with van der Waals surface area (Å²) >= 11 is 0. The number of benzene rings is 3. The highest BCUT2D eigenvalue weighted by Crippen LogP contribution is 2.32. The lowest BCUT2D eigenvalue weighted by Gasteiger charge is -2.09. The topological polar surface area (TPSA) is 71.8 Å². The molecule has 0 unspecified atom stereocenters. The number of primary amides is 1. The Balaban J connectivity index is 2.07. The number of nitriles is 1. The molecule has 1 amide bonds. The van der Waals surface area contributed by atoms with E-state index in [0.717, 1.165) is 11.1 Å². The van der Waals surface area contributed by atoms with Crippen LogP contribution in [-0.4, -0.2) is 10.5 Å². The number of halogens is 1. The minimum atomic E-state index is -0.551. The first-order valence-electron chi connectivity index (χ1n) is 8.00. The van der Waals surface area contributed by atoms with E-state index in [9.17, 15) is 14.4 Å². The van der Waals surface area contributed by atoms with E-state index in [1.165, 1.54) is 12.1 Å². The first-order chi connectivity index (χ1) is 12.6. The fraction of sp³-hybridized carbons (Fsp3) is 0.0476. The predicted octanol–water partition coefficient (Wildman–Crippen LogP) is 3.75. The van der Waals surface area contributed by atoms with Crippen molar-refractivity contribution < 1.29 is 9.18 Å². The standard InChI is InChI=1S/C21H13FN3O/c22-15-8-9-16-19(10-15)25(12-14-5-2-1-4-13(14)11-23)18-7-3-6-17(20(16)18)21(24)26/h1-8,10H,12H2,(H2,24,26). The molecule has 5 heteroatoms. The van der Waals surface area contributed by atoms with Gasteiger partial charge in [0.1, 0.15) is 5.82 Å². The molecule has 0 aliphatic carbocycles. The second-order valence-corrected chi connectivity index (χ2v) is 6.00. The molecular weight excluding hydrogens is 329 g/mol. The molecule has 0 saturated heterocycles. The molecule has 0 fully saturated rings. The van der Waals surface area contributed by atoms with E-state index >= 15 is 0 Å². The van der Waals surface area contributed by atoms with Gasteiger partial charge < -0.3 is 10.3 Å². The van der Waals surface area contributed by atoms with Crippen LogP contribution in [-0.2, 0) is 6.54 Å². The number of rotatable bonds is 3. The lowest BCUT2D eigenvalue weighted by molar-refractivity contribution is 0.100. The van der Waals surface area contributed by atoms with Gasteiger partial charge in [-0.3, -0.25) is 4.79 Å². The molecule has 3 aromatic carbocycles. The third-order valence-electron chi connectivity index (χ3n) is 4.49. The Hall–Kier alpha value is -3.65. The summed E-state index contributed by atoms with van der Waals surface area (Å²) in [5.74, 6) is -0.972. The van der Waals surface area contributed by atoms with Crippen molar-refractivity contribution in [1.82, 2.24) is 4.57 Å². The molecule has 0 aliphatic heterocycles. The number of aromatic nitrogens is 1. The molecule has 1 aromatic heterocycles. The molecule has 1 radical (unpaired) electrons. The van der Waals surface area contributed by atoms with Crippen LogP contribution in [0.5, 0.6) is 0 Å². The summed E-state index contributed by atoms with van der Waals surface area (Å²) in [6, 6.07) is 20.2. The van der Waals surface area contributed by atoms with Crippen LogP contribution in [0.3, 0.4) is 0 Å². The zero-order valence-corrected chi connectivity index (χ0v) is 13.7. The summed E-state index contributed by atoms with van der Waals surface area (Å²) in [5.41, 5.74) is 8.59. The Morgan fingerprint density at radius 3 is 2.77 bits per heavy atom. The van der Waals surface area contributed by atoms with Gasteiger partial charge >= 0.3 is 0 Å². The summed E-state index contributed by atoms with van der Waals surface area (Å²) in [6.45, 7) is 0.364. The highest BCUT2D eigenvalue weighted by molar-refractivity contribution is 6.17. The normalized spacial score (nSPS) is 10.9. The third-order valence-corrected chi connectivity index (χ3v) is 4.49. The molecule has 4 rings (SSSR count). The predicted molar refractivity (Wildman–Crippen MR) is 97.0 cm³/mol. The number of amides is 1. The first kappa shape index (κ1) is 15.9. The number of carbonyl (C=O) groups is 1. The number of carbonyl (C=O) groups excluding carboxylic acids is 1. The van der Waals surface area contributed by atoms with E-state index in [1.54, 1.807) is 24.3 Å². The fourth-order valence-electron chi connectivity index (χ4n) is 3.34. The fourth-order valence-corrected chi connectivity index (χ4v) is 3.34. The van der Waals surface area contributed by atoms with E-state index in [-0.39, 0.29) is 0 Å².